The molecule has 10 heteroatoms. The Hall–Kier alpha value is -3.01. The van der Waals surface area contributed by atoms with Gasteiger partial charge in [0.2, 0.25) is 15.9 Å². The Morgan fingerprint density at radius 1 is 1.17 bits per heavy atom. The van der Waals surface area contributed by atoms with Crippen LogP contribution in [0.2, 0.25) is 5.02 Å². The second-order valence-electron chi connectivity index (χ2n) is 6.01. The molecule has 0 spiro atoms. The van der Waals surface area contributed by atoms with Crippen LogP contribution >= 0.6 is 11.6 Å². The minimum absolute atomic E-state index is 0.0310. The third-order valence-corrected chi connectivity index (χ3v) is 5.16. The summed E-state index contributed by atoms with van der Waals surface area (Å²) in [7, 11) is -4.09. The topological polar surface area (TPSA) is 124 Å². The lowest BCUT2D eigenvalue weighted by atomic mass is 10.1. The van der Waals surface area contributed by atoms with Gasteiger partial charge >= 0.3 is 0 Å². The number of carbonyl (C=O) groups excluding carboxylic acids is 1. The molecule has 8 nitrogen and oxygen atoms in total. The van der Waals surface area contributed by atoms with Crippen LogP contribution in [0, 0.1) is 0 Å². The second kappa shape index (κ2) is 8.99. The van der Waals surface area contributed by atoms with Crippen LogP contribution in [-0.2, 0) is 27.8 Å². The molecule has 3 rings (SSSR count). The molecule has 0 unspecified atom stereocenters. The average molecular weight is 433 g/mol. The molecular weight excluding hydrogens is 416 g/mol. The molecule has 3 N–H and O–H groups in total. The normalized spacial score (nSPS) is 11.1. The van der Waals surface area contributed by atoms with E-state index in [9.17, 15) is 13.2 Å². The number of amides is 1. The van der Waals surface area contributed by atoms with Crippen LogP contribution in [0.4, 0.5) is 5.69 Å². The van der Waals surface area contributed by atoms with Crippen molar-refractivity contribution in [2.75, 3.05) is 5.32 Å². The Morgan fingerprint density at radius 3 is 2.66 bits per heavy atom. The number of rotatable bonds is 7. The molecule has 0 aliphatic carbocycles. The van der Waals surface area contributed by atoms with Crippen LogP contribution < -0.4 is 15.2 Å². The maximum absolute atomic E-state index is 12.3. The van der Waals surface area contributed by atoms with Gasteiger partial charge in [-0.3, -0.25) is 4.79 Å². The lowest BCUT2D eigenvalue weighted by Gasteiger charge is -2.12. The fourth-order valence-electron chi connectivity index (χ4n) is 2.50. The predicted molar refractivity (Wildman–Crippen MR) is 108 cm³/mol. The van der Waals surface area contributed by atoms with E-state index in [1.54, 1.807) is 36.5 Å². The number of aromatic nitrogens is 2. The van der Waals surface area contributed by atoms with Gasteiger partial charge in [0.25, 0.3) is 0 Å². The first-order valence-electron chi connectivity index (χ1n) is 8.41. The number of ether oxygens (including phenoxy) is 1. The smallest absolute Gasteiger partial charge is 0.241 e. The van der Waals surface area contributed by atoms with Crippen molar-refractivity contribution in [3.05, 3.63) is 77.3 Å². The highest BCUT2D eigenvalue weighted by atomic mass is 35.5. The van der Waals surface area contributed by atoms with Crippen molar-refractivity contribution in [1.29, 1.82) is 0 Å². The molecule has 0 fully saturated rings. The van der Waals surface area contributed by atoms with E-state index >= 15 is 0 Å². The Labute approximate surface area is 172 Å². The second-order valence-corrected chi connectivity index (χ2v) is 7.95. The number of hydrogen-bond donors (Lipinski definition) is 2. The standard InChI is InChI=1S/C19H17ClN4O4S/c20-16-4-2-1-3-13(16)9-19(25)24-14-5-6-17(18(10-14)29(21,26)27)28-11-15-7-8-22-12-23-15/h1-8,10,12H,9,11H2,(H,24,25)(H2,21,26,27). The van der Waals surface area contributed by atoms with Gasteiger partial charge in [0.05, 0.1) is 12.1 Å². The number of sulfonamides is 1. The molecule has 29 heavy (non-hydrogen) atoms. The molecule has 0 bridgehead atoms. The highest BCUT2D eigenvalue weighted by Crippen LogP contribution is 2.27. The van der Waals surface area contributed by atoms with E-state index in [2.05, 4.69) is 15.3 Å². The Bertz CT molecular complexity index is 1120. The molecule has 0 aliphatic heterocycles. The summed E-state index contributed by atoms with van der Waals surface area (Å²) in [6.07, 6.45) is 2.94. The Morgan fingerprint density at radius 2 is 1.97 bits per heavy atom. The quantitative estimate of drug-likeness (QED) is 0.591. The average Bonchev–Trinajstić information content (AvgIpc) is 2.69. The fraction of sp³-hybridized carbons (Fsp3) is 0.105. The van der Waals surface area contributed by atoms with Crippen molar-refractivity contribution in [1.82, 2.24) is 9.97 Å². The summed E-state index contributed by atoms with van der Waals surface area (Å²) in [5, 5.41) is 8.42. The van der Waals surface area contributed by atoms with Crippen molar-refractivity contribution in [2.45, 2.75) is 17.9 Å². The Balaban J connectivity index is 1.76. The van der Waals surface area contributed by atoms with Gasteiger partial charge in [-0.15, -0.1) is 0 Å². The molecule has 0 radical (unpaired) electrons. The summed E-state index contributed by atoms with van der Waals surface area (Å²) < 4.78 is 29.5. The van der Waals surface area contributed by atoms with Crippen molar-refractivity contribution in [3.8, 4) is 5.75 Å². The van der Waals surface area contributed by atoms with E-state index in [1.807, 2.05) is 0 Å². The molecule has 0 saturated carbocycles. The number of nitrogens with one attached hydrogen (secondary N) is 1. The summed E-state index contributed by atoms with van der Waals surface area (Å²) in [5.74, 6) is -0.302. The van der Waals surface area contributed by atoms with E-state index < -0.39 is 10.0 Å². The number of benzene rings is 2. The van der Waals surface area contributed by atoms with Gasteiger partial charge in [0, 0.05) is 16.9 Å². The van der Waals surface area contributed by atoms with Gasteiger partial charge in [0.15, 0.2) is 0 Å². The van der Waals surface area contributed by atoms with Crippen LogP contribution in [0.25, 0.3) is 0 Å². The summed E-state index contributed by atoms with van der Waals surface area (Å²) in [6, 6.07) is 12.8. The van der Waals surface area contributed by atoms with E-state index in [-0.39, 0.29) is 35.3 Å². The van der Waals surface area contributed by atoms with Crippen LogP contribution in [0.1, 0.15) is 11.3 Å². The molecule has 1 heterocycles. The minimum Gasteiger partial charge on any atom is -0.486 e. The molecule has 0 atom stereocenters. The summed E-state index contributed by atoms with van der Waals surface area (Å²) in [4.78, 5) is 19.9. The van der Waals surface area contributed by atoms with E-state index in [4.69, 9.17) is 21.5 Å². The zero-order valence-electron chi connectivity index (χ0n) is 15.1. The van der Waals surface area contributed by atoms with Gasteiger partial charge in [-0.2, -0.15) is 0 Å². The van der Waals surface area contributed by atoms with Crippen LogP contribution in [-0.4, -0.2) is 24.3 Å². The SMILES string of the molecule is NS(=O)(=O)c1cc(NC(=O)Cc2ccccc2Cl)ccc1OCc1ccncn1. The van der Waals surface area contributed by atoms with Crippen molar-refractivity contribution in [3.63, 3.8) is 0 Å². The van der Waals surface area contributed by atoms with Gasteiger partial charge < -0.3 is 10.1 Å². The molecule has 0 saturated heterocycles. The zero-order chi connectivity index (χ0) is 20.9. The molecule has 1 amide bonds. The first-order valence-corrected chi connectivity index (χ1v) is 10.3. The third-order valence-electron chi connectivity index (χ3n) is 3.86. The summed E-state index contributed by atoms with van der Waals surface area (Å²) >= 11 is 6.06. The van der Waals surface area contributed by atoms with Gasteiger partial charge in [0.1, 0.15) is 23.6 Å². The zero-order valence-corrected chi connectivity index (χ0v) is 16.7. The lowest BCUT2D eigenvalue weighted by molar-refractivity contribution is -0.115. The van der Waals surface area contributed by atoms with Gasteiger partial charge in [-0.05, 0) is 35.9 Å². The van der Waals surface area contributed by atoms with Crippen molar-refractivity contribution >= 4 is 33.2 Å². The van der Waals surface area contributed by atoms with E-state index in [1.165, 1.54) is 24.5 Å². The number of primary sulfonamides is 1. The summed E-state index contributed by atoms with van der Waals surface area (Å²) in [6.45, 7) is 0.0310. The van der Waals surface area contributed by atoms with E-state index in [0.29, 0.717) is 16.3 Å². The van der Waals surface area contributed by atoms with Crippen LogP contribution in [0.5, 0.6) is 5.75 Å². The first kappa shape index (κ1) is 20.7. The first-order chi connectivity index (χ1) is 13.8. The number of nitrogens with two attached hydrogens (primary N) is 1. The largest absolute Gasteiger partial charge is 0.486 e. The molecule has 2 aromatic carbocycles. The highest BCUT2D eigenvalue weighted by molar-refractivity contribution is 7.89. The maximum atomic E-state index is 12.3. The maximum Gasteiger partial charge on any atom is 0.241 e. The number of carbonyl (C=O) groups is 1. The predicted octanol–water partition coefficient (Wildman–Crippen LogP) is 2.54. The molecular formula is C19H17ClN4O4S. The number of anilines is 1. The molecule has 0 aliphatic rings. The van der Waals surface area contributed by atoms with Crippen molar-refractivity contribution < 1.29 is 17.9 Å². The molecule has 150 valence electrons. The lowest BCUT2D eigenvalue weighted by Crippen LogP contribution is -2.17. The fourth-order valence-corrected chi connectivity index (χ4v) is 3.40. The minimum atomic E-state index is -4.09. The number of hydrogen-bond acceptors (Lipinski definition) is 6. The molecule has 1 aromatic heterocycles. The van der Waals surface area contributed by atoms with Gasteiger partial charge in [-0.25, -0.2) is 23.5 Å². The van der Waals surface area contributed by atoms with Crippen molar-refractivity contribution in [2.24, 2.45) is 5.14 Å². The van der Waals surface area contributed by atoms with Gasteiger partial charge in [-0.1, -0.05) is 29.8 Å². The number of nitrogens with zero attached hydrogens (tertiary/aromatic N) is 2. The molecule has 3 aromatic rings. The van der Waals surface area contributed by atoms with E-state index in [0.717, 1.165) is 0 Å². The Kier molecular flexibility index (Phi) is 6.42. The summed E-state index contributed by atoms with van der Waals surface area (Å²) in [5.41, 5.74) is 1.49. The number of halogens is 1. The third kappa shape index (κ3) is 5.74. The van der Waals surface area contributed by atoms with Crippen LogP contribution in [0.3, 0.4) is 0 Å². The highest BCUT2D eigenvalue weighted by Gasteiger charge is 2.18. The monoisotopic (exact) mass is 432 g/mol. The van der Waals surface area contributed by atoms with Crippen LogP contribution in [0.15, 0.2) is 66.0 Å².